The number of nitrogens with zero attached hydrogens (tertiary/aromatic N) is 1. The van der Waals surface area contributed by atoms with Crippen molar-refractivity contribution in [2.75, 3.05) is 18.8 Å². The summed E-state index contributed by atoms with van der Waals surface area (Å²) in [4.78, 5) is 0.122. The van der Waals surface area contributed by atoms with Crippen LogP contribution in [0.1, 0.15) is 31.7 Å². The first-order valence-corrected chi connectivity index (χ1v) is 8.73. The van der Waals surface area contributed by atoms with Gasteiger partial charge in [-0.2, -0.15) is 4.31 Å². The van der Waals surface area contributed by atoms with Gasteiger partial charge in [0.2, 0.25) is 10.0 Å². The molecule has 112 valence electrons. The monoisotopic (exact) mass is 316 g/mol. The summed E-state index contributed by atoms with van der Waals surface area (Å²) < 4.78 is 26.8. The number of benzene rings is 1. The molecule has 1 aromatic rings. The number of nitrogen functional groups attached to an aromatic ring is 1. The molecule has 0 atom stereocenters. The molecular formula is C14H21ClN2O2S. The summed E-state index contributed by atoms with van der Waals surface area (Å²) in [5.41, 5.74) is 7.06. The molecule has 0 bridgehead atoms. The van der Waals surface area contributed by atoms with Crippen LogP contribution in [-0.2, 0) is 10.0 Å². The van der Waals surface area contributed by atoms with Crippen molar-refractivity contribution < 1.29 is 8.42 Å². The average Bonchev–Trinajstić information content (AvgIpc) is 2.42. The Bertz CT molecular complexity index is 593. The Kier molecular flexibility index (Phi) is 4.62. The summed E-state index contributed by atoms with van der Waals surface area (Å²) >= 11 is 6.10. The highest BCUT2D eigenvalue weighted by Gasteiger charge is 2.30. The maximum atomic E-state index is 12.7. The molecule has 0 unspecified atom stereocenters. The Morgan fingerprint density at radius 2 is 1.95 bits per heavy atom. The fourth-order valence-electron chi connectivity index (χ4n) is 2.56. The van der Waals surface area contributed by atoms with Crippen LogP contribution in [0.5, 0.6) is 0 Å². The lowest BCUT2D eigenvalue weighted by Crippen LogP contribution is -2.38. The van der Waals surface area contributed by atoms with Gasteiger partial charge in [0.15, 0.2) is 0 Å². The van der Waals surface area contributed by atoms with Gasteiger partial charge in [0.1, 0.15) is 4.90 Å². The molecule has 1 aliphatic heterocycles. The zero-order chi connectivity index (χ0) is 14.9. The fourth-order valence-corrected chi connectivity index (χ4v) is 4.62. The lowest BCUT2D eigenvalue weighted by molar-refractivity contribution is 0.269. The number of hydrogen-bond donors (Lipinski definition) is 1. The van der Waals surface area contributed by atoms with Crippen molar-refractivity contribution in [2.45, 2.75) is 38.0 Å². The molecule has 1 saturated heterocycles. The second-order valence-corrected chi connectivity index (χ2v) is 7.71. The van der Waals surface area contributed by atoms with Crippen molar-refractivity contribution in [3.05, 3.63) is 22.7 Å². The van der Waals surface area contributed by atoms with Gasteiger partial charge in [-0.15, -0.1) is 0 Å². The molecule has 0 saturated carbocycles. The Morgan fingerprint density at radius 1 is 1.35 bits per heavy atom. The summed E-state index contributed by atoms with van der Waals surface area (Å²) in [6, 6.07) is 3.08. The van der Waals surface area contributed by atoms with Gasteiger partial charge in [-0.05, 0) is 43.4 Å². The molecule has 1 heterocycles. The highest BCUT2D eigenvalue weighted by atomic mass is 35.5. The first-order valence-electron chi connectivity index (χ1n) is 6.92. The van der Waals surface area contributed by atoms with E-state index >= 15 is 0 Å². The van der Waals surface area contributed by atoms with E-state index in [-0.39, 0.29) is 9.92 Å². The van der Waals surface area contributed by atoms with Crippen LogP contribution in [0.4, 0.5) is 5.69 Å². The van der Waals surface area contributed by atoms with E-state index in [9.17, 15) is 8.42 Å². The van der Waals surface area contributed by atoms with Crippen LogP contribution in [0.15, 0.2) is 17.0 Å². The van der Waals surface area contributed by atoms with Crippen LogP contribution in [-0.4, -0.2) is 25.8 Å². The molecule has 0 amide bonds. The number of halogens is 1. The predicted molar refractivity (Wildman–Crippen MR) is 82.4 cm³/mol. The number of sulfonamides is 1. The fraction of sp³-hybridized carbons (Fsp3) is 0.571. The van der Waals surface area contributed by atoms with Crippen molar-refractivity contribution in [2.24, 2.45) is 5.92 Å². The zero-order valence-corrected chi connectivity index (χ0v) is 13.5. The van der Waals surface area contributed by atoms with Crippen LogP contribution in [0.3, 0.4) is 0 Å². The molecule has 20 heavy (non-hydrogen) atoms. The number of rotatable bonds is 3. The maximum Gasteiger partial charge on any atom is 0.244 e. The van der Waals surface area contributed by atoms with Crippen LogP contribution in [0, 0.1) is 12.8 Å². The van der Waals surface area contributed by atoms with E-state index in [0.29, 0.717) is 24.7 Å². The van der Waals surface area contributed by atoms with Crippen LogP contribution in [0.2, 0.25) is 5.02 Å². The van der Waals surface area contributed by atoms with E-state index < -0.39 is 10.0 Å². The minimum absolute atomic E-state index is 0.122. The first kappa shape index (κ1) is 15.6. The summed E-state index contributed by atoms with van der Waals surface area (Å²) in [6.07, 6.45) is 2.93. The second kappa shape index (κ2) is 5.92. The molecule has 1 aromatic carbocycles. The highest BCUT2D eigenvalue weighted by molar-refractivity contribution is 7.89. The molecule has 0 spiro atoms. The summed E-state index contributed by atoms with van der Waals surface area (Å²) in [5, 5.41) is 0.245. The van der Waals surface area contributed by atoms with Crippen LogP contribution < -0.4 is 5.73 Å². The van der Waals surface area contributed by atoms with E-state index in [1.807, 2.05) is 6.92 Å². The molecular weight excluding hydrogens is 296 g/mol. The normalized spacial score (nSPS) is 18.4. The minimum Gasteiger partial charge on any atom is -0.398 e. The summed E-state index contributed by atoms with van der Waals surface area (Å²) in [7, 11) is -3.54. The van der Waals surface area contributed by atoms with E-state index in [1.54, 1.807) is 6.07 Å². The van der Waals surface area contributed by atoms with Crippen molar-refractivity contribution in [3.63, 3.8) is 0 Å². The molecule has 2 rings (SSSR count). The third kappa shape index (κ3) is 2.95. The SMILES string of the molecule is CCC1CCN(S(=O)(=O)c2cc(N)c(C)cc2Cl)CC1. The Labute approximate surface area is 126 Å². The van der Waals surface area contributed by atoms with Gasteiger partial charge >= 0.3 is 0 Å². The minimum atomic E-state index is -3.54. The molecule has 6 heteroatoms. The molecule has 0 aliphatic carbocycles. The Balaban J connectivity index is 2.30. The summed E-state index contributed by atoms with van der Waals surface area (Å²) in [6.45, 7) is 5.08. The lowest BCUT2D eigenvalue weighted by Gasteiger charge is -2.31. The van der Waals surface area contributed by atoms with Crippen molar-refractivity contribution in [1.29, 1.82) is 0 Å². The second-order valence-electron chi connectivity index (χ2n) is 5.39. The molecule has 1 aliphatic rings. The van der Waals surface area contributed by atoms with E-state index in [0.717, 1.165) is 24.8 Å². The van der Waals surface area contributed by atoms with Gasteiger partial charge in [-0.3, -0.25) is 0 Å². The number of piperidine rings is 1. The smallest absolute Gasteiger partial charge is 0.244 e. The number of nitrogens with two attached hydrogens (primary N) is 1. The van der Waals surface area contributed by atoms with E-state index in [1.165, 1.54) is 10.4 Å². The van der Waals surface area contributed by atoms with Gasteiger partial charge in [0.25, 0.3) is 0 Å². The van der Waals surface area contributed by atoms with Crippen molar-refractivity contribution in [3.8, 4) is 0 Å². The van der Waals surface area contributed by atoms with Gasteiger partial charge in [0, 0.05) is 18.8 Å². The average molecular weight is 317 g/mol. The number of anilines is 1. The molecule has 2 N–H and O–H groups in total. The zero-order valence-electron chi connectivity index (χ0n) is 11.9. The Hall–Kier alpha value is -0.780. The van der Waals surface area contributed by atoms with Crippen LogP contribution in [0.25, 0.3) is 0 Å². The van der Waals surface area contributed by atoms with Crippen molar-refractivity contribution >= 4 is 27.3 Å². The topological polar surface area (TPSA) is 63.4 Å². The molecule has 4 nitrogen and oxygen atoms in total. The Morgan fingerprint density at radius 3 is 2.50 bits per heavy atom. The van der Waals surface area contributed by atoms with Gasteiger partial charge in [-0.25, -0.2) is 8.42 Å². The predicted octanol–water partition coefficient (Wildman–Crippen LogP) is 3.04. The van der Waals surface area contributed by atoms with E-state index in [4.69, 9.17) is 17.3 Å². The quantitative estimate of drug-likeness (QED) is 0.872. The third-order valence-electron chi connectivity index (χ3n) is 4.09. The number of aryl methyl sites for hydroxylation is 1. The largest absolute Gasteiger partial charge is 0.398 e. The first-order chi connectivity index (χ1) is 9.36. The number of hydrogen-bond acceptors (Lipinski definition) is 3. The maximum absolute atomic E-state index is 12.7. The lowest BCUT2D eigenvalue weighted by atomic mass is 9.96. The molecule has 1 fully saturated rings. The van der Waals surface area contributed by atoms with Crippen molar-refractivity contribution in [1.82, 2.24) is 4.31 Å². The summed E-state index contributed by atoms with van der Waals surface area (Å²) in [5.74, 6) is 0.625. The van der Waals surface area contributed by atoms with Gasteiger partial charge < -0.3 is 5.73 Å². The van der Waals surface area contributed by atoms with Gasteiger partial charge in [-0.1, -0.05) is 24.9 Å². The van der Waals surface area contributed by atoms with Crippen LogP contribution >= 0.6 is 11.6 Å². The third-order valence-corrected chi connectivity index (χ3v) is 6.45. The van der Waals surface area contributed by atoms with Gasteiger partial charge in [0.05, 0.1) is 5.02 Å². The highest BCUT2D eigenvalue weighted by Crippen LogP contribution is 2.31. The standard InChI is InChI=1S/C14H21ClN2O2S/c1-3-11-4-6-17(7-5-11)20(18,19)14-9-13(16)10(2)8-12(14)15/h8-9,11H,3-7,16H2,1-2H3. The molecule has 0 aromatic heterocycles. The van der Waals surface area contributed by atoms with E-state index in [2.05, 4.69) is 6.92 Å². The molecule has 0 radical (unpaired) electrons.